The molecule has 1 aliphatic carbocycles. The van der Waals surface area contributed by atoms with Gasteiger partial charge in [0, 0.05) is 23.9 Å². The van der Waals surface area contributed by atoms with Crippen LogP contribution in [-0.2, 0) is 11.0 Å². The number of nitrogens with zero attached hydrogens (tertiary/aromatic N) is 1. The lowest BCUT2D eigenvalue weighted by Crippen LogP contribution is -2.34. The number of halogens is 3. The van der Waals surface area contributed by atoms with Gasteiger partial charge in [0.1, 0.15) is 0 Å². The molecule has 0 radical (unpaired) electrons. The largest absolute Gasteiger partial charge is 0.416 e. The first-order valence-corrected chi connectivity index (χ1v) is 14.9. The molecule has 0 saturated carbocycles. The maximum atomic E-state index is 13.1. The average molecular weight is 574 g/mol. The minimum atomic E-state index is -4.40. The Balaban J connectivity index is 1.56. The monoisotopic (exact) mass is 573 g/mol. The quantitative estimate of drug-likeness (QED) is 0.122. The second-order valence-corrected chi connectivity index (χ2v) is 11.5. The average Bonchev–Trinajstić information content (AvgIpc) is 3.37. The molecule has 0 spiro atoms. The van der Waals surface area contributed by atoms with E-state index < -0.39 is 11.7 Å². The number of carbonyl (C=O) groups is 1. The third-order valence-electron chi connectivity index (χ3n) is 7.18. The van der Waals surface area contributed by atoms with Gasteiger partial charge in [-0.15, -0.1) is 6.58 Å². The Kier molecular flexibility index (Phi) is 12.8. The third-order valence-corrected chi connectivity index (χ3v) is 8.07. The van der Waals surface area contributed by atoms with Gasteiger partial charge in [-0.3, -0.25) is 9.52 Å². The van der Waals surface area contributed by atoms with E-state index in [1.165, 1.54) is 30.9 Å². The zero-order chi connectivity index (χ0) is 29.0. The van der Waals surface area contributed by atoms with E-state index in [9.17, 15) is 18.0 Å². The first-order chi connectivity index (χ1) is 19.2. The van der Waals surface area contributed by atoms with Crippen molar-refractivity contribution < 1.29 is 18.0 Å². The second kappa shape index (κ2) is 16.0. The van der Waals surface area contributed by atoms with Crippen molar-refractivity contribution in [2.45, 2.75) is 75.0 Å². The van der Waals surface area contributed by atoms with Gasteiger partial charge in [0.2, 0.25) is 5.91 Å². The molecule has 40 heavy (non-hydrogen) atoms. The number of hydrogen-bond acceptors (Lipinski definition) is 4. The van der Waals surface area contributed by atoms with Crippen LogP contribution in [0.4, 0.5) is 13.2 Å². The molecule has 0 saturated heterocycles. The number of nitrogens with one attached hydrogen (secondary N) is 2. The lowest BCUT2D eigenvalue weighted by atomic mass is 9.98. The maximum absolute atomic E-state index is 13.1. The highest BCUT2D eigenvalue weighted by molar-refractivity contribution is 7.97. The van der Waals surface area contributed by atoms with Gasteiger partial charge in [0.05, 0.1) is 11.6 Å². The highest BCUT2D eigenvalue weighted by atomic mass is 32.2. The molecule has 0 heterocycles. The molecule has 4 nitrogen and oxygen atoms in total. The number of carbonyl (C=O) groups excluding carboxylic acids is 1. The van der Waals surface area contributed by atoms with Gasteiger partial charge >= 0.3 is 6.18 Å². The normalized spacial score (nSPS) is 16.9. The topological polar surface area (TPSA) is 44.4 Å². The van der Waals surface area contributed by atoms with E-state index in [1.807, 2.05) is 36.4 Å². The summed E-state index contributed by atoms with van der Waals surface area (Å²) in [5.74, 6) is 0.288. The van der Waals surface area contributed by atoms with E-state index in [2.05, 4.69) is 41.6 Å². The number of alkyl halides is 3. The Morgan fingerprint density at radius 1 is 1.18 bits per heavy atom. The minimum absolute atomic E-state index is 0.0113. The van der Waals surface area contributed by atoms with Crippen molar-refractivity contribution in [2.24, 2.45) is 5.92 Å². The third kappa shape index (κ3) is 10.8. The Labute approximate surface area is 241 Å². The Hall–Kier alpha value is -2.55. The van der Waals surface area contributed by atoms with Gasteiger partial charge in [-0.2, -0.15) is 13.2 Å². The predicted octanol–water partition coefficient (Wildman–Crippen LogP) is 7.95. The fourth-order valence-corrected chi connectivity index (χ4v) is 5.83. The number of hydrogen-bond donors (Lipinski definition) is 2. The van der Waals surface area contributed by atoms with Crippen LogP contribution in [0.5, 0.6) is 0 Å². The van der Waals surface area contributed by atoms with Crippen molar-refractivity contribution in [2.75, 3.05) is 20.1 Å². The lowest BCUT2D eigenvalue weighted by molar-refractivity contribution is -0.137. The van der Waals surface area contributed by atoms with Crippen LogP contribution in [0.25, 0.3) is 0 Å². The van der Waals surface area contributed by atoms with Gasteiger partial charge in [0.25, 0.3) is 0 Å². The summed E-state index contributed by atoms with van der Waals surface area (Å²) in [4.78, 5) is 15.9. The first kappa shape index (κ1) is 32.0. The van der Waals surface area contributed by atoms with Crippen LogP contribution >= 0.6 is 11.9 Å². The van der Waals surface area contributed by atoms with Crippen LogP contribution in [0.3, 0.4) is 0 Å². The Morgan fingerprint density at radius 2 is 1.95 bits per heavy atom. The van der Waals surface area contributed by atoms with E-state index in [1.54, 1.807) is 6.07 Å². The highest BCUT2D eigenvalue weighted by Gasteiger charge is 2.30. The van der Waals surface area contributed by atoms with E-state index in [4.69, 9.17) is 0 Å². The molecule has 2 aromatic rings. The van der Waals surface area contributed by atoms with Crippen molar-refractivity contribution in [3.8, 4) is 0 Å². The highest BCUT2D eigenvalue weighted by Crippen LogP contribution is 2.32. The zero-order valence-electron chi connectivity index (χ0n) is 23.6. The molecular weight excluding hydrogens is 531 g/mol. The van der Waals surface area contributed by atoms with Crippen molar-refractivity contribution in [3.05, 3.63) is 90.0 Å². The summed E-state index contributed by atoms with van der Waals surface area (Å²) >= 11 is 1.10. The summed E-state index contributed by atoms with van der Waals surface area (Å²) in [6.45, 7) is 8.34. The SMILES string of the molecule is C=CC(CC1=C[C@H](NC(=O)C[C@@H](NSc2cccc(C(F)(F)F)c2)c2ccccc2)CC1)CN(C)CCCCC. The van der Waals surface area contributed by atoms with Crippen molar-refractivity contribution in [1.82, 2.24) is 14.9 Å². The number of rotatable bonds is 16. The smallest absolute Gasteiger partial charge is 0.350 e. The number of amides is 1. The van der Waals surface area contributed by atoms with E-state index in [-0.39, 0.29) is 24.4 Å². The number of allylic oxidation sites excluding steroid dienone is 1. The molecule has 0 fully saturated rings. The molecule has 0 bridgehead atoms. The van der Waals surface area contributed by atoms with Crippen LogP contribution in [0.1, 0.15) is 69.0 Å². The lowest BCUT2D eigenvalue weighted by Gasteiger charge is -2.22. The van der Waals surface area contributed by atoms with Crippen LogP contribution in [0.15, 0.2) is 83.8 Å². The molecule has 0 aromatic heterocycles. The molecule has 2 N–H and O–H groups in total. The van der Waals surface area contributed by atoms with Gasteiger partial charge in [-0.1, -0.05) is 73.9 Å². The second-order valence-electron chi connectivity index (χ2n) is 10.6. The fraction of sp³-hybridized carbons (Fsp3) is 0.469. The van der Waals surface area contributed by atoms with Gasteiger partial charge in [0.15, 0.2) is 0 Å². The number of benzene rings is 2. The molecule has 3 atom stereocenters. The molecule has 1 amide bonds. The molecule has 2 aromatic carbocycles. The molecule has 1 unspecified atom stereocenters. The standard InChI is InChI=1S/C32H42F3N3OS/c1-4-6-10-18-38(3)23-24(5-2)19-25-16-17-28(20-25)36-31(39)22-30(26-12-8-7-9-13-26)37-40-29-15-11-14-27(21-29)32(33,34)35/h5,7-9,11-15,20-21,24,28,30,37H,2,4,6,10,16-19,22-23H2,1,3H3,(H,36,39)/t24?,28-,30-/m1/s1. The molecule has 1 aliphatic rings. The molecular formula is C32H42F3N3OS. The van der Waals surface area contributed by atoms with Crippen LogP contribution in [0, 0.1) is 5.92 Å². The summed E-state index contributed by atoms with van der Waals surface area (Å²) in [6, 6.07) is 14.3. The number of unbranched alkanes of at least 4 members (excludes halogenated alkanes) is 2. The van der Waals surface area contributed by atoms with Gasteiger partial charge < -0.3 is 10.2 Å². The molecule has 0 aliphatic heterocycles. The van der Waals surface area contributed by atoms with Gasteiger partial charge in [-0.05, 0) is 80.9 Å². The molecule has 8 heteroatoms. The van der Waals surface area contributed by atoms with Crippen LogP contribution in [0.2, 0.25) is 0 Å². The first-order valence-electron chi connectivity index (χ1n) is 14.1. The summed E-state index contributed by atoms with van der Waals surface area (Å²) in [7, 11) is 2.17. The Bertz CT molecular complexity index is 1110. The van der Waals surface area contributed by atoms with Gasteiger partial charge in [-0.25, -0.2) is 0 Å². The summed E-state index contributed by atoms with van der Waals surface area (Å²) in [5.41, 5.74) is 1.56. The van der Waals surface area contributed by atoms with Crippen molar-refractivity contribution in [1.29, 1.82) is 0 Å². The fourth-order valence-electron chi connectivity index (χ4n) is 5.00. The van der Waals surface area contributed by atoms with E-state index >= 15 is 0 Å². The van der Waals surface area contributed by atoms with Crippen LogP contribution < -0.4 is 10.0 Å². The maximum Gasteiger partial charge on any atom is 0.416 e. The Morgan fingerprint density at radius 3 is 2.65 bits per heavy atom. The van der Waals surface area contributed by atoms with E-state index in [0.29, 0.717) is 10.8 Å². The molecule has 3 rings (SSSR count). The summed E-state index contributed by atoms with van der Waals surface area (Å²) in [6.07, 6.45) is 6.47. The predicted molar refractivity (Wildman–Crippen MR) is 159 cm³/mol. The summed E-state index contributed by atoms with van der Waals surface area (Å²) < 4.78 is 42.6. The van der Waals surface area contributed by atoms with Crippen molar-refractivity contribution in [3.63, 3.8) is 0 Å². The summed E-state index contributed by atoms with van der Waals surface area (Å²) in [5, 5.41) is 3.15. The van der Waals surface area contributed by atoms with Crippen molar-refractivity contribution >= 4 is 17.9 Å². The van der Waals surface area contributed by atoms with E-state index in [0.717, 1.165) is 62.0 Å². The zero-order valence-corrected chi connectivity index (χ0v) is 24.4. The molecule has 218 valence electrons. The van der Waals surface area contributed by atoms with Crippen LogP contribution in [-0.4, -0.2) is 37.0 Å². The minimum Gasteiger partial charge on any atom is -0.350 e.